The van der Waals surface area contributed by atoms with E-state index in [1.54, 1.807) is 0 Å². The molecule has 1 saturated heterocycles. The molecular formula is C26H30N6. The van der Waals surface area contributed by atoms with Gasteiger partial charge in [0.1, 0.15) is 17.3 Å². The Morgan fingerprint density at radius 1 is 0.844 bits per heavy atom. The summed E-state index contributed by atoms with van der Waals surface area (Å²) in [5, 5.41) is 0. The molecule has 0 aromatic carbocycles. The van der Waals surface area contributed by atoms with E-state index in [0.29, 0.717) is 6.42 Å². The SMILES string of the molecule is CCCc1cccc(Cc2nc(Cc3ccn4ccnc4c3)cc(N3CCCCC3)n2)n1. The maximum atomic E-state index is 4.97. The standard InChI is InChI=1S/C26H30N6/c1-2-7-21-8-6-9-22(28-21)18-24-29-23(19-26(30-24)31-12-4-3-5-13-31)16-20-10-14-32-15-11-27-25(32)17-20/h6,8-11,14-15,17,19H,2-5,7,12-13,16,18H2,1H3. The molecule has 0 amide bonds. The van der Waals surface area contributed by atoms with Gasteiger partial charge in [0.2, 0.25) is 0 Å². The van der Waals surface area contributed by atoms with Gasteiger partial charge in [-0.25, -0.2) is 15.0 Å². The van der Waals surface area contributed by atoms with E-state index in [1.165, 1.54) is 24.8 Å². The van der Waals surface area contributed by atoms with Crippen molar-refractivity contribution in [2.45, 2.75) is 51.9 Å². The molecule has 4 aromatic heterocycles. The number of rotatable bonds is 7. The minimum Gasteiger partial charge on any atom is -0.357 e. The first-order chi connectivity index (χ1) is 15.8. The summed E-state index contributed by atoms with van der Waals surface area (Å²) in [5.41, 5.74) is 5.41. The van der Waals surface area contributed by atoms with Crippen molar-refractivity contribution in [2.24, 2.45) is 0 Å². The van der Waals surface area contributed by atoms with E-state index in [0.717, 1.165) is 66.7 Å². The second-order valence-electron chi connectivity index (χ2n) is 8.63. The van der Waals surface area contributed by atoms with Gasteiger partial charge in [-0.05, 0) is 55.5 Å². The lowest BCUT2D eigenvalue weighted by Gasteiger charge is -2.28. The van der Waals surface area contributed by atoms with Crippen LogP contribution in [0.3, 0.4) is 0 Å². The van der Waals surface area contributed by atoms with Crippen LogP contribution in [0, 0.1) is 0 Å². The largest absolute Gasteiger partial charge is 0.357 e. The number of nitrogens with zero attached hydrogens (tertiary/aromatic N) is 6. The van der Waals surface area contributed by atoms with Crippen molar-refractivity contribution in [3.8, 4) is 0 Å². The summed E-state index contributed by atoms with van der Waals surface area (Å²) in [4.78, 5) is 21.6. The van der Waals surface area contributed by atoms with E-state index < -0.39 is 0 Å². The van der Waals surface area contributed by atoms with Crippen LogP contribution in [0.4, 0.5) is 5.82 Å². The first-order valence-corrected chi connectivity index (χ1v) is 11.7. The molecule has 6 heteroatoms. The maximum Gasteiger partial charge on any atom is 0.136 e. The molecule has 0 saturated carbocycles. The molecule has 5 rings (SSSR count). The molecule has 0 atom stereocenters. The molecule has 1 aliphatic heterocycles. The zero-order valence-corrected chi connectivity index (χ0v) is 18.7. The molecule has 0 spiro atoms. The predicted molar refractivity (Wildman–Crippen MR) is 127 cm³/mol. The van der Waals surface area contributed by atoms with Gasteiger partial charge in [-0.1, -0.05) is 19.4 Å². The highest BCUT2D eigenvalue weighted by molar-refractivity contribution is 5.45. The van der Waals surface area contributed by atoms with E-state index in [1.807, 2.05) is 16.8 Å². The lowest BCUT2D eigenvalue weighted by atomic mass is 10.1. The van der Waals surface area contributed by atoms with E-state index in [-0.39, 0.29) is 0 Å². The van der Waals surface area contributed by atoms with Crippen LogP contribution >= 0.6 is 0 Å². The molecule has 0 N–H and O–H groups in total. The van der Waals surface area contributed by atoms with Gasteiger partial charge in [-0.3, -0.25) is 4.98 Å². The molecule has 0 radical (unpaired) electrons. The third kappa shape index (κ3) is 4.79. The Morgan fingerprint density at radius 2 is 1.72 bits per heavy atom. The molecule has 5 heterocycles. The van der Waals surface area contributed by atoms with Crippen molar-refractivity contribution < 1.29 is 0 Å². The van der Waals surface area contributed by atoms with Gasteiger partial charge in [0.15, 0.2) is 0 Å². The normalized spacial score (nSPS) is 14.2. The van der Waals surface area contributed by atoms with Gasteiger partial charge in [-0.2, -0.15) is 0 Å². The third-order valence-corrected chi connectivity index (χ3v) is 6.05. The number of aromatic nitrogens is 5. The van der Waals surface area contributed by atoms with Crippen LogP contribution in [-0.4, -0.2) is 37.4 Å². The molecule has 4 aromatic rings. The number of piperidine rings is 1. The molecule has 164 valence electrons. The van der Waals surface area contributed by atoms with E-state index >= 15 is 0 Å². The highest BCUT2D eigenvalue weighted by Gasteiger charge is 2.16. The summed E-state index contributed by atoms with van der Waals surface area (Å²) in [7, 11) is 0. The van der Waals surface area contributed by atoms with Crippen LogP contribution in [0.15, 0.2) is 55.0 Å². The number of aryl methyl sites for hydroxylation is 1. The van der Waals surface area contributed by atoms with Gasteiger partial charge < -0.3 is 9.30 Å². The lowest BCUT2D eigenvalue weighted by molar-refractivity contribution is 0.571. The molecule has 32 heavy (non-hydrogen) atoms. The summed E-state index contributed by atoms with van der Waals surface area (Å²) in [6, 6.07) is 12.7. The number of imidazole rings is 1. The Kier molecular flexibility index (Phi) is 6.10. The van der Waals surface area contributed by atoms with Gasteiger partial charge in [0.25, 0.3) is 0 Å². The summed E-state index contributed by atoms with van der Waals surface area (Å²) >= 11 is 0. The fraction of sp³-hybridized carbons (Fsp3) is 0.385. The zero-order chi connectivity index (χ0) is 21.8. The lowest BCUT2D eigenvalue weighted by Crippen LogP contribution is -2.30. The fourth-order valence-electron chi connectivity index (χ4n) is 4.45. The smallest absolute Gasteiger partial charge is 0.136 e. The zero-order valence-electron chi connectivity index (χ0n) is 18.7. The monoisotopic (exact) mass is 426 g/mol. The van der Waals surface area contributed by atoms with Crippen LogP contribution in [0.2, 0.25) is 0 Å². The highest BCUT2D eigenvalue weighted by Crippen LogP contribution is 2.21. The van der Waals surface area contributed by atoms with Crippen molar-refractivity contribution in [3.05, 3.63) is 83.5 Å². The van der Waals surface area contributed by atoms with E-state index in [2.05, 4.69) is 59.4 Å². The van der Waals surface area contributed by atoms with Gasteiger partial charge in [0, 0.05) is 55.6 Å². The van der Waals surface area contributed by atoms with Crippen molar-refractivity contribution >= 4 is 11.5 Å². The van der Waals surface area contributed by atoms with Crippen molar-refractivity contribution in [1.29, 1.82) is 0 Å². The van der Waals surface area contributed by atoms with E-state index in [9.17, 15) is 0 Å². The molecule has 1 aliphatic rings. The molecule has 6 nitrogen and oxygen atoms in total. The van der Waals surface area contributed by atoms with Gasteiger partial charge >= 0.3 is 0 Å². The van der Waals surface area contributed by atoms with Crippen LogP contribution in [0.25, 0.3) is 5.65 Å². The van der Waals surface area contributed by atoms with Crippen molar-refractivity contribution in [2.75, 3.05) is 18.0 Å². The second kappa shape index (κ2) is 9.47. The molecule has 0 bridgehead atoms. The van der Waals surface area contributed by atoms with Crippen LogP contribution in [0.1, 0.15) is 61.1 Å². The average molecular weight is 427 g/mol. The second-order valence-corrected chi connectivity index (χ2v) is 8.63. The first kappa shape index (κ1) is 20.6. The Hall–Kier alpha value is -3.28. The average Bonchev–Trinajstić information content (AvgIpc) is 3.28. The van der Waals surface area contributed by atoms with Gasteiger partial charge in [0.05, 0.1) is 12.1 Å². The van der Waals surface area contributed by atoms with Crippen LogP contribution in [0.5, 0.6) is 0 Å². The minimum atomic E-state index is 0.658. The Labute approximate surface area is 189 Å². The quantitative estimate of drug-likeness (QED) is 0.431. The Balaban J connectivity index is 1.45. The van der Waals surface area contributed by atoms with Crippen molar-refractivity contribution in [3.63, 3.8) is 0 Å². The Morgan fingerprint density at radius 3 is 2.59 bits per heavy atom. The number of fused-ring (bicyclic) bond motifs is 1. The number of anilines is 1. The number of pyridine rings is 2. The predicted octanol–water partition coefficient (Wildman–Crippen LogP) is 4.64. The minimum absolute atomic E-state index is 0.658. The topological polar surface area (TPSA) is 59.2 Å². The Bertz CT molecular complexity index is 1190. The molecule has 0 unspecified atom stereocenters. The molecular weight excluding hydrogens is 396 g/mol. The summed E-state index contributed by atoms with van der Waals surface area (Å²) in [5.74, 6) is 1.91. The van der Waals surface area contributed by atoms with E-state index in [4.69, 9.17) is 15.0 Å². The van der Waals surface area contributed by atoms with Crippen molar-refractivity contribution in [1.82, 2.24) is 24.3 Å². The summed E-state index contributed by atoms with van der Waals surface area (Å²) in [6.45, 7) is 4.33. The highest BCUT2D eigenvalue weighted by atomic mass is 15.2. The fourth-order valence-corrected chi connectivity index (χ4v) is 4.45. The third-order valence-electron chi connectivity index (χ3n) is 6.05. The van der Waals surface area contributed by atoms with Crippen LogP contribution < -0.4 is 4.90 Å². The first-order valence-electron chi connectivity index (χ1n) is 11.7. The molecule has 0 aliphatic carbocycles. The number of hydrogen-bond donors (Lipinski definition) is 0. The van der Waals surface area contributed by atoms with Gasteiger partial charge in [-0.15, -0.1) is 0 Å². The van der Waals surface area contributed by atoms with Crippen LogP contribution in [-0.2, 0) is 19.3 Å². The summed E-state index contributed by atoms with van der Waals surface area (Å²) < 4.78 is 2.03. The number of hydrogen-bond acceptors (Lipinski definition) is 5. The molecule has 1 fully saturated rings. The summed E-state index contributed by atoms with van der Waals surface area (Å²) in [6.07, 6.45) is 13.2. The maximum absolute atomic E-state index is 4.97.